The Bertz CT molecular complexity index is 152. The molecule has 0 saturated carbocycles. The monoisotopic (exact) mass is 156 g/mol. The Morgan fingerprint density at radius 1 is 1.64 bits per heavy atom. The van der Waals surface area contributed by atoms with Gasteiger partial charge in [0.05, 0.1) is 6.42 Å². The van der Waals surface area contributed by atoms with Gasteiger partial charge in [-0.25, -0.2) is 0 Å². The van der Waals surface area contributed by atoms with E-state index < -0.39 is 0 Å². The molecule has 2 heteroatoms. The topological polar surface area (TPSA) is 26.3 Å². The highest BCUT2D eigenvalue weighted by molar-refractivity contribution is 5.71. The van der Waals surface area contributed by atoms with Crippen LogP contribution in [0.1, 0.15) is 33.6 Å². The number of carbonyl (C=O) groups is 1. The smallest absolute Gasteiger partial charge is 0.306 e. The van der Waals surface area contributed by atoms with Crippen molar-refractivity contribution < 1.29 is 9.53 Å². The van der Waals surface area contributed by atoms with Gasteiger partial charge in [0.1, 0.15) is 6.10 Å². The minimum atomic E-state index is -0.0249. The fourth-order valence-electron chi connectivity index (χ4n) is 1.61. The molecule has 64 valence electrons. The first kappa shape index (κ1) is 8.57. The van der Waals surface area contributed by atoms with Crippen molar-refractivity contribution in [2.45, 2.75) is 39.7 Å². The molecule has 0 N–H and O–H groups in total. The molecule has 0 radical (unpaired) electrons. The molecular formula is C9H16O2. The molecule has 0 aliphatic carbocycles. The molecule has 1 aliphatic heterocycles. The summed E-state index contributed by atoms with van der Waals surface area (Å²) in [5.41, 5.74) is 0. The predicted molar refractivity (Wildman–Crippen MR) is 43.1 cm³/mol. The van der Waals surface area contributed by atoms with Crippen LogP contribution in [0.4, 0.5) is 0 Å². The third-order valence-electron chi connectivity index (χ3n) is 2.18. The molecule has 0 aromatic rings. The van der Waals surface area contributed by atoms with Crippen LogP contribution in [0, 0.1) is 11.8 Å². The third kappa shape index (κ3) is 2.21. The lowest BCUT2D eigenvalue weighted by Gasteiger charge is -2.14. The van der Waals surface area contributed by atoms with Gasteiger partial charge in [-0.1, -0.05) is 13.8 Å². The van der Waals surface area contributed by atoms with Crippen LogP contribution in [0.2, 0.25) is 0 Å². The molecule has 2 atom stereocenters. The number of esters is 1. The number of hydrogen-bond donors (Lipinski definition) is 0. The maximum absolute atomic E-state index is 10.8. The molecular weight excluding hydrogens is 140 g/mol. The molecule has 11 heavy (non-hydrogen) atoms. The van der Waals surface area contributed by atoms with Gasteiger partial charge < -0.3 is 4.74 Å². The third-order valence-corrected chi connectivity index (χ3v) is 2.18. The van der Waals surface area contributed by atoms with Crippen LogP contribution in [0.15, 0.2) is 0 Å². The minimum Gasteiger partial charge on any atom is -0.462 e. The standard InChI is InChI=1S/C9H16O2/c1-6(2)4-8-5-9(10)11-7(8)3/h6-8H,4-5H2,1-3H3. The normalized spacial score (nSPS) is 31.1. The van der Waals surface area contributed by atoms with Crippen LogP contribution in [-0.4, -0.2) is 12.1 Å². The first-order chi connectivity index (χ1) is 5.09. The number of hydrogen-bond acceptors (Lipinski definition) is 2. The molecule has 0 aromatic heterocycles. The second-order valence-corrected chi connectivity index (χ2v) is 3.79. The average Bonchev–Trinajstić information content (AvgIpc) is 2.09. The lowest BCUT2D eigenvalue weighted by molar-refractivity contribution is -0.140. The number of ether oxygens (including phenoxy) is 1. The molecule has 0 aromatic carbocycles. The van der Waals surface area contributed by atoms with Crippen LogP contribution < -0.4 is 0 Å². The van der Waals surface area contributed by atoms with E-state index in [0.29, 0.717) is 18.3 Å². The van der Waals surface area contributed by atoms with Crippen molar-refractivity contribution in [2.24, 2.45) is 11.8 Å². The van der Waals surface area contributed by atoms with Crippen molar-refractivity contribution in [3.8, 4) is 0 Å². The summed E-state index contributed by atoms with van der Waals surface area (Å²) < 4.78 is 5.04. The highest BCUT2D eigenvalue weighted by atomic mass is 16.5. The van der Waals surface area contributed by atoms with E-state index in [1.807, 2.05) is 6.92 Å². The van der Waals surface area contributed by atoms with E-state index in [1.165, 1.54) is 0 Å². The van der Waals surface area contributed by atoms with Gasteiger partial charge in [0, 0.05) is 5.92 Å². The fraction of sp³-hybridized carbons (Fsp3) is 0.889. The van der Waals surface area contributed by atoms with Crippen molar-refractivity contribution >= 4 is 5.97 Å². The summed E-state index contributed by atoms with van der Waals surface area (Å²) in [4.78, 5) is 10.8. The molecule has 2 unspecified atom stereocenters. The second kappa shape index (κ2) is 3.24. The molecule has 1 saturated heterocycles. The molecule has 1 aliphatic rings. The zero-order valence-electron chi connectivity index (χ0n) is 7.46. The van der Waals surface area contributed by atoms with Crippen LogP contribution in [-0.2, 0) is 9.53 Å². The molecule has 0 bridgehead atoms. The Labute approximate surface area is 67.9 Å². The summed E-state index contributed by atoms with van der Waals surface area (Å²) in [6, 6.07) is 0. The Balaban J connectivity index is 2.40. The summed E-state index contributed by atoms with van der Waals surface area (Å²) in [5.74, 6) is 1.10. The summed E-state index contributed by atoms with van der Waals surface area (Å²) >= 11 is 0. The maximum atomic E-state index is 10.8. The largest absolute Gasteiger partial charge is 0.462 e. The Kier molecular flexibility index (Phi) is 2.53. The number of cyclic esters (lactones) is 1. The number of rotatable bonds is 2. The Hall–Kier alpha value is -0.530. The van der Waals surface area contributed by atoms with E-state index in [1.54, 1.807) is 0 Å². The zero-order chi connectivity index (χ0) is 8.43. The first-order valence-corrected chi connectivity index (χ1v) is 4.29. The van der Waals surface area contributed by atoms with Crippen LogP contribution >= 0.6 is 0 Å². The van der Waals surface area contributed by atoms with Crippen molar-refractivity contribution in [1.82, 2.24) is 0 Å². The van der Waals surface area contributed by atoms with Gasteiger partial charge in [0.25, 0.3) is 0 Å². The maximum Gasteiger partial charge on any atom is 0.306 e. The lowest BCUT2D eigenvalue weighted by Crippen LogP contribution is -2.13. The first-order valence-electron chi connectivity index (χ1n) is 4.29. The van der Waals surface area contributed by atoms with Crippen molar-refractivity contribution in [2.75, 3.05) is 0 Å². The zero-order valence-corrected chi connectivity index (χ0v) is 7.46. The van der Waals surface area contributed by atoms with Gasteiger partial charge >= 0.3 is 5.97 Å². The van der Waals surface area contributed by atoms with Crippen molar-refractivity contribution in [3.63, 3.8) is 0 Å². The van der Waals surface area contributed by atoms with Crippen LogP contribution in [0.5, 0.6) is 0 Å². The van der Waals surface area contributed by atoms with E-state index in [-0.39, 0.29) is 12.1 Å². The number of carbonyl (C=O) groups excluding carboxylic acids is 1. The molecule has 0 spiro atoms. The van der Waals surface area contributed by atoms with E-state index >= 15 is 0 Å². The van der Waals surface area contributed by atoms with Crippen molar-refractivity contribution in [3.05, 3.63) is 0 Å². The van der Waals surface area contributed by atoms with Gasteiger partial charge in [-0.2, -0.15) is 0 Å². The van der Waals surface area contributed by atoms with Crippen LogP contribution in [0.25, 0.3) is 0 Å². The summed E-state index contributed by atoms with van der Waals surface area (Å²) in [6.45, 7) is 6.34. The predicted octanol–water partition coefficient (Wildman–Crippen LogP) is 1.98. The van der Waals surface area contributed by atoms with Gasteiger partial charge in [-0.05, 0) is 19.3 Å². The quantitative estimate of drug-likeness (QED) is 0.571. The van der Waals surface area contributed by atoms with E-state index in [4.69, 9.17) is 4.74 Å². The average molecular weight is 156 g/mol. The van der Waals surface area contributed by atoms with Gasteiger partial charge in [-0.3, -0.25) is 4.79 Å². The van der Waals surface area contributed by atoms with Gasteiger partial charge in [-0.15, -0.1) is 0 Å². The molecule has 1 fully saturated rings. The van der Waals surface area contributed by atoms with Gasteiger partial charge in [0.2, 0.25) is 0 Å². The highest BCUT2D eigenvalue weighted by Gasteiger charge is 2.31. The van der Waals surface area contributed by atoms with Crippen molar-refractivity contribution in [1.29, 1.82) is 0 Å². The van der Waals surface area contributed by atoms with E-state index in [2.05, 4.69) is 13.8 Å². The molecule has 0 amide bonds. The lowest BCUT2D eigenvalue weighted by atomic mass is 9.92. The highest BCUT2D eigenvalue weighted by Crippen LogP contribution is 2.27. The van der Waals surface area contributed by atoms with E-state index in [0.717, 1.165) is 6.42 Å². The summed E-state index contributed by atoms with van der Waals surface area (Å²) in [5, 5.41) is 0. The van der Waals surface area contributed by atoms with Crippen LogP contribution in [0.3, 0.4) is 0 Å². The minimum absolute atomic E-state index is 0.0249. The SMILES string of the molecule is CC(C)CC1CC(=O)OC1C. The Morgan fingerprint density at radius 2 is 2.27 bits per heavy atom. The summed E-state index contributed by atoms with van der Waals surface area (Å²) in [6.07, 6.45) is 1.87. The summed E-state index contributed by atoms with van der Waals surface area (Å²) in [7, 11) is 0. The molecule has 2 nitrogen and oxygen atoms in total. The second-order valence-electron chi connectivity index (χ2n) is 3.79. The Morgan fingerprint density at radius 3 is 2.64 bits per heavy atom. The molecule has 1 rings (SSSR count). The fourth-order valence-corrected chi connectivity index (χ4v) is 1.61. The molecule has 1 heterocycles. The van der Waals surface area contributed by atoms with E-state index in [9.17, 15) is 4.79 Å². The van der Waals surface area contributed by atoms with Gasteiger partial charge in [0.15, 0.2) is 0 Å².